The molecule has 6 rings (SSSR count). The van der Waals surface area contributed by atoms with Gasteiger partial charge < -0.3 is 24.3 Å². The quantitative estimate of drug-likeness (QED) is 0.290. The number of H-pyrrole nitrogens is 1. The van der Waals surface area contributed by atoms with E-state index < -0.39 is 5.97 Å². The number of carboxylic acid groups (broad SMARTS) is 1. The van der Waals surface area contributed by atoms with Gasteiger partial charge >= 0.3 is 5.97 Å². The Bertz CT molecular complexity index is 1570. The monoisotopic (exact) mass is 540 g/mol. The Balaban J connectivity index is 1.41. The minimum absolute atomic E-state index is 0.0134. The number of fused-ring (bicyclic) bond motifs is 4. The topological polar surface area (TPSA) is 84.0 Å². The minimum Gasteiger partial charge on any atom is -0.496 e. The summed E-state index contributed by atoms with van der Waals surface area (Å²) in [6.07, 6.45) is 8.99. The van der Waals surface area contributed by atoms with E-state index in [0.29, 0.717) is 18.8 Å². The summed E-state index contributed by atoms with van der Waals surface area (Å²) in [6.45, 7) is 5.70. The summed E-state index contributed by atoms with van der Waals surface area (Å²) in [7, 11) is 1.73. The number of nitrogens with zero attached hydrogens (tertiary/aromatic N) is 1. The highest BCUT2D eigenvalue weighted by atomic mass is 16.5. The average molecular weight is 541 g/mol. The molecule has 7 heteroatoms. The Hall–Kier alpha value is -3.81. The highest BCUT2D eigenvalue weighted by Crippen LogP contribution is 2.39. The van der Waals surface area contributed by atoms with E-state index in [1.54, 1.807) is 13.2 Å². The van der Waals surface area contributed by atoms with E-state index in [4.69, 9.17) is 14.2 Å². The van der Waals surface area contributed by atoms with Gasteiger partial charge in [0.2, 0.25) is 0 Å². The van der Waals surface area contributed by atoms with Crippen LogP contribution < -0.4 is 9.47 Å². The number of allylic oxidation sites excluding steroid dienone is 1. The number of nitrogens with one attached hydrogen (secondary N) is 1. The molecule has 7 nitrogen and oxygen atoms in total. The molecule has 208 valence electrons. The largest absolute Gasteiger partial charge is 0.496 e. The fourth-order valence-corrected chi connectivity index (χ4v) is 6.35. The van der Waals surface area contributed by atoms with Crippen LogP contribution in [0.1, 0.15) is 52.2 Å². The Morgan fingerprint density at radius 1 is 1.12 bits per heavy atom. The van der Waals surface area contributed by atoms with Gasteiger partial charge in [0.25, 0.3) is 0 Å². The second kappa shape index (κ2) is 11.4. The zero-order valence-electron chi connectivity index (χ0n) is 23.1. The number of methoxy groups -OCH3 is 1. The zero-order chi connectivity index (χ0) is 27.6. The number of rotatable bonds is 4. The van der Waals surface area contributed by atoms with Crippen molar-refractivity contribution < 1.29 is 24.1 Å². The van der Waals surface area contributed by atoms with Gasteiger partial charge in [-0.15, -0.1) is 0 Å². The molecule has 2 bridgehead atoms. The Kier molecular flexibility index (Phi) is 7.50. The number of benzene rings is 3. The molecule has 2 N–H and O–H groups in total. The average Bonchev–Trinajstić information content (AvgIpc) is 3.46. The van der Waals surface area contributed by atoms with E-state index in [0.717, 1.165) is 77.8 Å². The second-order valence-electron chi connectivity index (χ2n) is 10.8. The first-order valence-electron chi connectivity index (χ1n) is 14.1. The molecule has 4 aromatic rings. The summed E-state index contributed by atoms with van der Waals surface area (Å²) in [5.41, 5.74) is 4.88. The summed E-state index contributed by atoms with van der Waals surface area (Å²) < 4.78 is 18.4. The number of aromatic amines is 1. The van der Waals surface area contributed by atoms with E-state index in [1.165, 1.54) is 10.9 Å². The van der Waals surface area contributed by atoms with Crippen LogP contribution in [-0.2, 0) is 11.3 Å². The molecule has 1 aromatic heterocycles. The zero-order valence-corrected chi connectivity index (χ0v) is 23.1. The fraction of sp³-hybridized carbons (Fsp3) is 0.364. The molecule has 0 amide bonds. The minimum atomic E-state index is -0.926. The number of hydrogen-bond acceptors (Lipinski definition) is 5. The molecule has 3 aromatic carbocycles. The number of likely N-dealkylation sites (tertiary alicyclic amines) is 1. The number of carbonyl (C=O) groups is 1. The van der Waals surface area contributed by atoms with Crippen LogP contribution in [0.4, 0.5) is 0 Å². The van der Waals surface area contributed by atoms with E-state index >= 15 is 0 Å². The Morgan fingerprint density at radius 2 is 2.02 bits per heavy atom. The van der Waals surface area contributed by atoms with Gasteiger partial charge in [0, 0.05) is 48.2 Å². The van der Waals surface area contributed by atoms with E-state index in [-0.39, 0.29) is 12.0 Å². The van der Waals surface area contributed by atoms with Crippen molar-refractivity contribution in [3.8, 4) is 11.5 Å². The standard InChI is InChI=1S/C33H36N2O5/c1-21-17-31(38-2)29(25-11-13-34-32(21)25)20-35-14-12-30-28(19-35)24-9-10-26(33(36)37)23-8-7-22(18-27(23)24)39-15-5-3-4-6-16-40-30/h4,6-11,13,17-18,28,30,34H,3,5,12,14-16,19-20H2,1-2H3,(H,36,37)/b6-4+/t28-,30-/m0/s1. The smallest absolute Gasteiger partial charge is 0.336 e. The summed E-state index contributed by atoms with van der Waals surface area (Å²) in [5, 5.41) is 12.8. The maximum Gasteiger partial charge on any atom is 0.336 e. The van der Waals surface area contributed by atoms with Gasteiger partial charge in [0.05, 0.1) is 32.0 Å². The van der Waals surface area contributed by atoms with Crippen LogP contribution in [0.25, 0.3) is 21.7 Å². The van der Waals surface area contributed by atoms with E-state index in [9.17, 15) is 9.90 Å². The summed E-state index contributed by atoms with van der Waals surface area (Å²) in [4.78, 5) is 18.0. The van der Waals surface area contributed by atoms with Gasteiger partial charge in [-0.2, -0.15) is 0 Å². The molecule has 2 aliphatic rings. The first-order valence-corrected chi connectivity index (χ1v) is 14.1. The SMILES string of the molecule is COc1cc(C)c2[nH]ccc2c1CN1CC[C@@H]2OC/C=C/CCCOc3ccc4c(C(=O)O)ccc(c4c3)[C@@H]2C1. The number of aryl methyl sites for hydroxylation is 1. The predicted molar refractivity (Wildman–Crippen MR) is 157 cm³/mol. The van der Waals surface area contributed by atoms with Crippen molar-refractivity contribution in [1.29, 1.82) is 0 Å². The number of hydrogen-bond donors (Lipinski definition) is 2. The van der Waals surface area contributed by atoms with E-state index in [2.05, 4.69) is 41.1 Å². The van der Waals surface area contributed by atoms with Crippen molar-refractivity contribution in [1.82, 2.24) is 9.88 Å². The summed E-state index contributed by atoms with van der Waals surface area (Å²) in [6, 6.07) is 13.7. The molecular formula is C33H36N2O5. The number of aromatic nitrogens is 1. The van der Waals surface area contributed by atoms with Crippen molar-refractivity contribution in [3.05, 3.63) is 83.1 Å². The van der Waals surface area contributed by atoms with Crippen molar-refractivity contribution in [3.63, 3.8) is 0 Å². The lowest BCUT2D eigenvalue weighted by atomic mass is 9.83. The maximum absolute atomic E-state index is 12.1. The van der Waals surface area contributed by atoms with Crippen LogP contribution in [-0.4, -0.2) is 60.5 Å². The molecule has 40 heavy (non-hydrogen) atoms. The van der Waals surface area contributed by atoms with Gasteiger partial charge in [-0.05, 0) is 84.5 Å². The Morgan fingerprint density at radius 3 is 2.88 bits per heavy atom. The number of piperidine rings is 1. The third-order valence-electron chi connectivity index (χ3n) is 8.36. The van der Waals surface area contributed by atoms with Crippen molar-refractivity contribution in [2.24, 2.45) is 0 Å². The van der Waals surface area contributed by atoms with Gasteiger partial charge in [-0.1, -0.05) is 18.2 Å². The van der Waals surface area contributed by atoms with Crippen LogP contribution >= 0.6 is 0 Å². The molecule has 0 spiro atoms. The molecule has 3 heterocycles. The van der Waals surface area contributed by atoms with Crippen LogP contribution in [0, 0.1) is 6.92 Å². The number of aromatic carboxylic acids is 1. The van der Waals surface area contributed by atoms with Gasteiger partial charge in [-0.25, -0.2) is 4.79 Å². The normalized spacial score (nSPS) is 21.1. The third-order valence-corrected chi connectivity index (χ3v) is 8.36. The van der Waals surface area contributed by atoms with Crippen molar-refractivity contribution >= 4 is 27.6 Å². The third kappa shape index (κ3) is 5.07. The van der Waals surface area contributed by atoms with E-state index in [1.807, 2.05) is 30.5 Å². The maximum atomic E-state index is 12.1. The molecule has 0 unspecified atom stereocenters. The van der Waals surface area contributed by atoms with Crippen molar-refractivity contribution in [2.45, 2.75) is 44.8 Å². The lowest BCUT2D eigenvalue weighted by molar-refractivity contribution is 0.00284. The van der Waals surface area contributed by atoms with Crippen LogP contribution in [0.15, 0.2) is 60.8 Å². The van der Waals surface area contributed by atoms with Crippen molar-refractivity contribution in [2.75, 3.05) is 33.4 Å². The summed E-state index contributed by atoms with van der Waals surface area (Å²) >= 11 is 0. The molecule has 0 radical (unpaired) electrons. The lowest BCUT2D eigenvalue weighted by Gasteiger charge is -2.39. The highest BCUT2D eigenvalue weighted by Gasteiger charge is 2.33. The molecule has 2 aliphatic heterocycles. The lowest BCUT2D eigenvalue weighted by Crippen LogP contribution is -2.42. The highest BCUT2D eigenvalue weighted by molar-refractivity contribution is 6.05. The molecule has 1 saturated heterocycles. The molecule has 0 saturated carbocycles. The van der Waals surface area contributed by atoms with Gasteiger partial charge in [-0.3, -0.25) is 4.90 Å². The van der Waals surface area contributed by atoms with Gasteiger partial charge in [0.15, 0.2) is 0 Å². The first-order chi connectivity index (χ1) is 19.5. The molecular weight excluding hydrogens is 504 g/mol. The number of ether oxygens (including phenoxy) is 3. The fourth-order valence-electron chi connectivity index (χ4n) is 6.35. The predicted octanol–water partition coefficient (Wildman–Crippen LogP) is 6.44. The second-order valence-corrected chi connectivity index (χ2v) is 10.8. The van der Waals surface area contributed by atoms with Crippen LogP contribution in [0.5, 0.6) is 11.5 Å². The summed E-state index contributed by atoms with van der Waals surface area (Å²) in [5.74, 6) is 0.799. The molecule has 1 fully saturated rings. The van der Waals surface area contributed by atoms with Gasteiger partial charge in [0.1, 0.15) is 11.5 Å². The first kappa shape index (κ1) is 26.4. The molecule has 0 aliphatic carbocycles. The van der Waals surface area contributed by atoms with Crippen LogP contribution in [0.3, 0.4) is 0 Å². The molecule has 2 atom stereocenters. The number of carboxylic acids is 1. The van der Waals surface area contributed by atoms with Crippen LogP contribution in [0.2, 0.25) is 0 Å². The Labute approximate surface area is 234 Å².